The molecule has 0 aromatic rings. The summed E-state index contributed by atoms with van der Waals surface area (Å²) in [4.78, 5) is 0. The summed E-state index contributed by atoms with van der Waals surface area (Å²) in [7, 11) is 1.81. The molecule has 3 heteroatoms. The van der Waals surface area contributed by atoms with E-state index < -0.39 is 0 Å². The van der Waals surface area contributed by atoms with Crippen LogP contribution >= 0.6 is 0 Å². The fourth-order valence-electron chi connectivity index (χ4n) is 5.51. The Bertz CT molecular complexity index is 468. The quantitative estimate of drug-likeness (QED) is 0.709. The van der Waals surface area contributed by atoms with Gasteiger partial charge in [-0.25, -0.2) is 0 Å². The normalized spacial score (nSPS) is 37.2. The second-order valence-corrected chi connectivity index (χ2v) is 9.12. The Morgan fingerprint density at radius 3 is 2.50 bits per heavy atom. The number of fused-ring (bicyclic) bond motifs is 1. The van der Waals surface area contributed by atoms with Gasteiger partial charge in [-0.2, -0.15) is 0 Å². The molecule has 0 aliphatic heterocycles. The fraction of sp³-hybridized carbons (Fsp3) is 0.905. The molecule has 0 aromatic carbocycles. The van der Waals surface area contributed by atoms with Crippen LogP contribution in [0.25, 0.3) is 0 Å². The Hall–Kier alpha value is -0.380. The first-order valence-corrected chi connectivity index (χ1v) is 9.70. The zero-order valence-electron chi connectivity index (χ0n) is 16.6. The molecule has 1 saturated carbocycles. The van der Waals surface area contributed by atoms with Gasteiger partial charge in [0.1, 0.15) is 0 Å². The highest BCUT2D eigenvalue weighted by Crippen LogP contribution is 2.60. The third kappa shape index (κ3) is 3.45. The molecule has 0 heterocycles. The van der Waals surface area contributed by atoms with Gasteiger partial charge >= 0.3 is 0 Å². The van der Waals surface area contributed by atoms with Crippen LogP contribution in [0, 0.1) is 22.7 Å². The molecule has 5 atom stereocenters. The summed E-state index contributed by atoms with van der Waals surface area (Å²) in [5.74, 6) is 0.994. The minimum Gasteiger partial charge on any atom is -0.396 e. The van der Waals surface area contributed by atoms with Gasteiger partial charge in [-0.15, -0.1) is 0 Å². The third-order valence-corrected chi connectivity index (χ3v) is 7.35. The van der Waals surface area contributed by atoms with E-state index in [-0.39, 0.29) is 29.6 Å². The zero-order chi connectivity index (χ0) is 18.1. The van der Waals surface area contributed by atoms with Crippen LogP contribution in [0.15, 0.2) is 11.1 Å². The van der Waals surface area contributed by atoms with Crippen LogP contribution in [-0.4, -0.2) is 36.1 Å². The van der Waals surface area contributed by atoms with Gasteiger partial charge in [0, 0.05) is 13.7 Å². The molecule has 0 bridgehead atoms. The van der Waals surface area contributed by atoms with Gasteiger partial charge in [0.05, 0.1) is 12.2 Å². The summed E-state index contributed by atoms with van der Waals surface area (Å²) in [6.07, 6.45) is 6.02. The van der Waals surface area contributed by atoms with Crippen molar-refractivity contribution in [3.05, 3.63) is 11.1 Å². The van der Waals surface area contributed by atoms with E-state index in [1.165, 1.54) is 5.57 Å². The molecule has 0 saturated heterocycles. The van der Waals surface area contributed by atoms with E-state index in [9.17, 15) is 10.2 Å². The van der Waals surface area contributed by atoms with Crippen LogP contribution < -0.4 is 0 Å². The van der Waals surface area contributed by atoms with Crippen molar-refractivity contribution < 1.29 is 14.9 Å². The number of methoxy groups -OCH3 is 1. The van der Waals surface area contributed by atoms with E-state index in [4.69, 9.17) is 4.74 Å². The molecule has 2 rings (SSSR count). The van der Waals surface area contributed by atoms with Crippen LogP contribution in [-0.2, 0) is 4.74 Å². The Morgan fingerprint density at radius 1 is 1.25 bits per heavy atom. The predicted molar refractivity (Wildman–Crippen MR) is 98.8 cm³/mol. The molecule has 2 N–H and O–H groups in total. The van der Waals surface area contributed by atoms with Crippen LogP contribution in [0.1, 0.15) is 73.1 Å². The second kappa shape index (κ2) is 7.47. The lowest BCUT2D eigenvalue weighted by Crippen LogP contribution is -2.54. The highest BCUT2D eigenvalue weighted by atomic mass is 16.5. The Labute approximate surface area is 148 Å². The Morgan fingerprint density at radius 2 is 1.92 bits per heavy atom. The molecule has 24 heavy (non-hydrogen) atoms. The van der Waals surface area contributed by atoms with E-state index in [1.54, 1.807) is 5.57 Å². The van der Waals surface area contributed by atoms with E-state index in [0.29, 0.717) is 11.8 Å². The van der Waals surface area contributed by atoms with E-state index in [2.05, 4.69) is 34.6 Å². The lowest BCUT2D eigenvalue weighted by Gasteiger charge is -2.58. The van der Waals surface area contributed by atoms with Crippen molar-refractivity contribution in [3.8, 4) is 0 Å². The highest BCUT2D eigenvalue weighted by Gasteiger charge is 2.55. The lowest BCUT2D eigenvalue weighted by molar-refractivity contribution is -0.105. The van der Waals surface area contributed by atoms with Crippen molar-refractivity contribution in [3.63, 3.8) is 0 Å². The van der Waals surface area contributed by atoms with Crippen molar-refractivity contribution in [1.29, 1.82) is 0 Å². The maximum atomic E-state index is 10.6. The number of aliphatic hydroxyl groups excluding tert-OH is 2. The monoisotopic (exact) mass is 338 g/mol. The van der Waals surface area contributed by atoms with Crippen molar-refractivity contribution in [2.45, 2.75) is 85.4 Å². The largest absolute Gasteiger partial charge is 0.396 e. The minimum atomic E-state index is -0.221. The van der Waals surface area contributed by atoms with Crippen molar-refractivity contribution >= 4 is 0 Å². The fourth-order valence-corrected chi connectivity index (χ4v) is 5.51. The average Bonchev–Trinajstić information content (AvgIpc) is 2.51. The molecule has 1 fully saturated rings. The molecule has 2 aliphatic rings. The van der Waals surface area contributed by atoms with Crippen molar-refractivity contribution in [2.75, 3.05) is 13.7 Å². The summed E-state index contributed by atoms with van der Waals surface area (Å²) >= 11 is 0. The highest BCUT2D eigenvalue weighted by molar-refractivity contribution is 5.31. The van der Waals surface area contributed by atoms with Crippen LogP contribution in [0.3, 0.4) is 0 Å². The zero-order valence-corrected chi connectivity index (χ0v) is 16.6. The van der Waals surface area contributed by atoms with Gasteiger partial charge in [-0.05, 0) is 73.7 Å². The summed E-state index contributed by atoms with van der Waals surface area (Å²) in [5, 5.41) is 19.8. The summed E-state index contributed by atoms with van der Waals surface area (Å²) in [5.41, 5.74) is 3.07. The minimum absolute atomic E-state index is 0.0769. The third-order valence-electron chi connectivity index (χ3n) is 7.35. The van der Waals surface area contributed by atoms with E-state index in [1.807, 2.05) is 7.11 Å². The van der Waals surface area contributed by atoms with E-state index in [0.717, 1.165) is 38.5 Å². The van der Waals surface area contributed by atoms with E-state index >= 15 is 0 Å². The SMILES string of the molecule is COC1CC2C(C)(CCC(O)C2(C)C)C(CCC(C)CCO)=C1C. The molecule has 0 aromatic heterocycles. The van der Waals surface area contributed by atoms with Gasteiger partial charge in [0.2, 0.25) is 0 Å². The first-order valence-electron chi connectivity index (χ1n) is 9.70. The number of hydrogen-bond donors (Lipinski definition) is 2. The van der Waals surface area contributed by atoms with Crippen molar-refractivity contribution in [1.82, 2.24) is 0 Å². The summed E-state index contributed by atoms with van der Waals surface area (Å²) in [6.45, 7) is 11.7. The molecule has 140 valence electrons. The van der Waals surface area contributed by atoms with Gasteiger partial charge < -0.3 is 14.9 Å². The maximum Gasteiger partial charge on any atom is 0.0784 e. The molecule has 0 radical (unpaired) electrons. The molecular weight excluding hydrogens is 300 g/mol. The number of aliphatic hydroxyl groups is 2. The lowest BCUT2D eigenvalue weighted by atomic mass is 9.48. The average molecular weight is 339 g/mol. The molecule has 3 nitrogen and oxygen atoms in total. The van der Waals surface area contributed by atoms with Crippen LogP contribution in [0.2, 0.25) is 0 Å². The molecule has 0 amide bonds. The Kier molecular flexibility index (Phi) is 6.21. The van der Waals surface area contributed by atoms with Gasteiger partial charge in [0.15, 0.2) is 0 Å². The standard InChI is InChI=1S/C21H38O3/c1-14(10-12-22)7-8-16-15(2)17(24-6)13-18-20(3,4)19(23)9-11-21(16,18)5/h14,17-19,22-23H,7-13H2,1-6H3. The summed E-state index contributed by atoms with van der Waals surface area (Å²) < 4.78 is 5.83. The van der Waals surface area contributed by atoms with Crippen LogP contribution in [0.5, 0.6) is 0 Å². The van der Waals surface area contributed by atoms with Crippen LogP contribution in [0.4, 0.5) is 0 Å². The Balaban J connectivity index is 2.33. The van der Waals surface area contributed by atoms with Gasteiger partial charge in [-0.1, -0.05) is 33.3 Å². The first kappa shape index (κ1) is 19.9. The topological polar surface area (TPSA) is 49.7 Å². The predicted octanol–water partition coefficient (Wildman–Crippen LogP) is 4.32. The second-order valence-electron chi connectivity index (χ2n) is 9.12. The van der Waals surface area contributed by atoms with Gasteiger partial charge in [0.25, 0.3) is 0 Å². The molecule has 5 unspecified atom stereocenters. The maximum absolute atomic E-state index is 10.6. The molecular formula is C21H38O3. The number of allylic oxidation sites excluding steroid dienone is 1. The smallest absolute Gasteiger partial charge is 0.0784 e. The molecule has 2 aliphatic carbocycles. The van der Waals surface area contributed by atoms with Gasteiger partial charge in [-0.3, -0.25) is 0 Å². The number of hydrogen-bond acceptors (Lipinski definition) is 3. The number of rotatable bonds is 6. The summed E-state index contributed by atoms with van der Waals surface area (Å²) in [6, 6.07) is 0. The first-order chi connectivity index (χ1) is 11.2. The number of ether oxygens (including phenoxy) is 1. The van der Waals surface area contributed by atoms with Crippen molar-refractivity contribution in [2.24, 2.45) is 22.7 Å². The molecule has 0 spiro atoms.